The third kappa shape index (κ3) is 4.24. The lowest BCUT2D eigenvalue weighted by Crippen LogP contribution is -2.19. The quantitative estimate of drug-likeness (QED) is 0.837. The van der Waals surface area contributed by atoms with Crippen LogP contribution in [0.2, 0.25) is 0 Å². The molecule has 1 aliphatic rings. The molecule has 5 heteroatoms. The number of benzene rings is 2. The van der Waals surface area contributed by atoms with Crippen LogP contribution in [0.4, 0.5) is 21.5 Å². The predicted octanol–water partition coefficient (Wildman–Crippen LogP) is 4.44. The summed E-state index contributed by atoms with van der Waals surface area (Å²) in [5.41, 5.74) is 3.93. The van der Waals surface area contributed by atoms with Crippen molar-refractivity contribution in [1.82, 2.24) is 0 Å². The minimum absolute atomic E-state index is 0.111. The van der Waals surface area contributed by atoms with E-state index in [2.05, 4.69) is 15.2 Å². The first-order valence-electron chi connectivity index (χ1n) is 8.50. The Morgan fingerprint density at radius 3 is 2.52 bits per heavy atom. The molecule has 1 saturated heterocycles. The Kier molecular flexibility index (Phi) is 5.12. The zero-order chi connectivity index (χ0) is 17.8. The largest absolute Gasteiger partial charge is 0.369 e. The second-order valence-corrected chi connectivity index (χ2v) is 6.34. The molecule has 1 amide bonds. The lowest BCUT2D eigenvalue weighted by atomic mass is 10.1. The molecule has 0 aliphatic carbocycles. The minimum atomic E-state index is -0.199. The highest BCUT2D eigenvalue weighted by atomic mass is 19.1. The number of aliphatic imine (C=N–C) groups is 1. The minimum Gasteiger partial charge on any atom is -0.369 e. The lowest BCUT2D eigenvalue weighted by molar-refractivity contribution is -0.114. The van der Waals surface area contributed by atoms with Gasteiger partial charge in [0.1, 0.15) is 5.82 Å². The van der Waals surface area contributed by atoms with Crippen LogP contribution < -0.4 is 10.2 Å². The van der Waals surface area contributed by atoms with Crippen molar-refractivity contribution in [1.29, 1.82) is 0 Å². The van der Waals surface area contributed by atoms with Crippen molar-refractivity contribution in [3.05, 3.63) is 53.3 Å². The van der Waals surface area contributed by atoms with E-state index >= 15 is 0 Å². The number of hydrogen-bond acceptors (Lipinski definition) is 3. The molecule has 0 saturated carbocycles. The van der Waals surface area contributed by atoms with Gasteiger partial charge >= 0.3 is 0 Å². The van der Waals surface area contributed by atoms with E-state index in [1.807, 2.05) is 25.1 Å². The highest BCUT2D eigenvalue weighted by Crippen LogP contribution is 2.26. The van der Waals surface area contributed by atoms with Crippen molar-refractivity contribution in [3.8, 4) is 0 Å². The molecule has 2 aromatic carbocycles. The fourth-order valence-corrected chi connectivity index (χ4v) is 3.00. The maximum absolute atomic E-state index is 14.4. The molecule has 1 heterocycles. The third-order valence-electron chi connectivity index (χ3n) is 4.32. The smallest absolute Gasteiger partial charge is 0.221 e. The first-order valence-corrected chi connectivity index (χ1v) is 8.50. The number of rotatable bonds is 4. The summed E-state index contributed by atoms with van der Waals surface area (Å²) in [4.78, 5) is 17.5. The van der Waals surface area contributed by atoms with Gasteiger partial charge in [0.15, 0.2) is 0 Å². The first-order chi connectivity index (χ1) is 12.0. The Labute approximate surface area is 147 Å². The number of nitrogens with zero attached hydrogens (tertiary/aromatic N) is 2. The van der Waals surface area contributed by atoms with E-state index in [0.717, 1.165) is 48.4 Å². The van der Waals surface area contributed by atoms with Gasteiger partial charge in [-0.1, -0.05) is 0 Å². The molecule has 1 aliphatic heterocycles. The summed E-state index contributed by atoms with van der Waals surface area (Å²) >= 11 is 0. The second-order valence-electron chi connectivity index (χ2n) is 6.34. The fourth-order valence-electron chi connectivity index (χ4n) is 3.00. The van der Waals surface area contributed by atoms with Crippen LogP contribution in [0.5, 0.6) is 0 Å². The number of carbonyl (C=O) groups excluding carboxylic acids is 1. The van der Waals surface area contributed by atoms with Gasteiger partial charge in [0.05, 0.1) is 11.4 Å². The molecular weight excluding hydrogens is 317 g/mol. The van der Waals surface area contributed by atoms with Gasteiger partial charge in [-0.05, 0) is 67.3 Å². The van der Waals surface area contributed by atoms with Crippen LogP contribution in [0.3, 0.4) is 0 Å². The van der Waals surface area contributed by atoms with Crippen LogP contribution in [-0.4, -0.2) is 25.2 Å². The van der Waals surface area contributed by atoms with Crippen LogP contribution in [0.1, 0.15) is 30.9 Å². The molecule has 0 radical (unpaired) electrons. The zero-order valence-corrected chi connectivity index (χ0v) is 14.6. The van der Waals surface area contributed by atoms with Crippen LogP contribution in [0.25, 0.3) is 0 Å². The Morgan fingerprint density at radius 1 is 1.20 bits per heavy atom. The number of carbonyl (C=O) groups is 1. The molecule has 4 nitrogen and oxygen atoms in total. The number of hydrogen-bond donors (Lipinski definition) is 1. The first kappa shape index (κ1) is 17.1. The molecule has 0 atom stereocenters. The normalized spacial score (nSPS) is 14.3. The number of nitrogens with one attached hydrogen (secondary N) is 1. The molecule has 0 bridgehead atoms. The van der Waals surface area contributed by atoms with Crippen molar-refractivity contribution >= 4 is 29.2 Å². The lowest BCUT2D eigenvalue weighted by Gasteiger charge is -2.19. The number of aryl methyl sites for hydroxylation is 1. The van der Waals surface area contributed by atoms with Gasteiger partial charge in [0, 0.05) is 31.9 Å². The van der Waals surface area contributed by atoms with Gasteiger partial charge < -0.3 is 10.2 Å². The van der Waals surface area contributed by atoms with Crippen molar-refractivity contribution in [2.24, 2.45) is 4.99 Å². The van der Waals surface area contributed by atoms with Crippen molar-refractivity contribution in [3.63, 3.8) is 0 Å². The van der Waals surface area contributed by atoms with Gasteiger partial charge in [-0.15, -0.1) is 0 Å². The predicted molar refractivity (Wildman–Crippen MR) is 101 cm³/mol. The number of amides is 1. The molecule has 0 unspecified atom stereocenters. The topological polar surface area (TPSA) is 44.7 Å². The van der Waals surface area contributed by atoms with Gasteiger partial charge in [-0.3, -0.25) is 9.79 Å². The van der Waals surface area contributed by atoms with E-state index in [1.165, 1.54) is 6.92 Å². The molecule has 0 aromatic heterocycles. The van der Waals surface area contributed by atoms with Crippen LogP contribution in [0.15, 0.2) is 41.4 Å². The third-order valence-corrected chi connectivity index (χ3v) is 4.32. The molecule has 25 heavy (non-hydrogen) atoms. The summed E-state index contributed by atoms with van der Waals surface area (Å²) in [7, 11) is 0. The Bertz CT molecular complexity index is 793. The summed E-state index contributed by atoms with van der Waals surface area (Å²) < 4.78 is 14.4. The second kappa shape index (κ2) is 7.47. The summed E-state index contributed by atoms with van der Waals surface area (Å²) in [6.07, 6.45) is 3.92. The van der Waals surface area contributed by atoms with E-state index in [0.29, 0.717) is 5.69 Å². The average Bonchev–Trinajstić information content (AvgIpc) is 3.10. The van der Waals surface area contributed by atoms with Gasteiger partial charge in [0.25, 0.3) is 0 Å². The molecule has 1 N–H and O–H groups in total. The maximum Gasteiger partial charge on any atom is 0.221 e. The van der Waals surface area contributed by atoms with Crippen LogP contribution in [-0.2, 0) is 4.79 Å². The molecule has 130 valence electrons. The summed E-state index contributed by atoms with van der Waals surface area (Å²) in [5, 5.41) is 2.71. The molecule has 1 fully saturated rings. The summed E-state index contributed by atoms with van der Waals surface area (Å²) in [6.45, 7) is 5.28. The number of anilines is 2. The summed E-state index contributed by atoms with van der Waals surface area (Å²) in [5.74, 6) is -0.310. The molecule has 3 rings (SSSR count). The van der Waals surface area contributed by atoms with E-state index in [-0.39, 0.29) is 11.7 Å². The fraction of sp³-hybridized carbons (Fsp3) is 0.300. The Morgan fingerprint density at radius 2 is 1.88 bits per heavy atom. The highest BCUT2D eigenvalue weighted by molar-refractivity contribution is 5.89. The molecule has 2 aromatic rings. The SMILES string of the molecule is CC(=O)Nc1ccc(N=Cc2cc(F)c(N3CCCC3)cc2C)cc1. The Balaban J connectivity index is 1.76. The van der Waals surface area contributed by atoms with Crippen molar-refractivity contribution in [2.75, 3.05) is 23.3 Å². The van der Waals surface area contributed by atoms with Gasteiger partial charge in [-0.2, -0.15) is 0 Å². The van der Waals surface area contributed by atoms with Crippen LogP contribution >= 0.6 is 0 Å². The van der Waals surface area contributed by atoms with Gasteiger partial charge in [-0.25, -0.2) is 4.39 Å². The van der Waals surface area contributed by atoms with Crippen molar-refractivity contribution < 1.29 is 9.18 Å². The van der Waals surface area contributed by atoms with Crippen LogP contribution in [0, 0.1) is 12.7 Å². The molecule has 0 spiro atoms. The van der Waals surface area contributed by atoms with Crippen molar-refractivity contribution in [2.45, 2.75) is 26.7 Å². The molecular formula is C20H22FN3O. The van der Waals surface area contributed by atoms with E-state index in [1.54, 1.807) is 24.4 Å². The monoisotopic (exact) mass is 339 g/mol. The average molecular weight is 339 g/mol. The number of halogens is 1. The van der Waals surface area contributed by atoms with E-state index < -0.39 is 0 Å². The Hall–Kier alpha value is -2.69. The standard InChI is InChI=1S/C20H22FN3O/c1-14-11-20(24-9-3-4-10-24)19(21)12-16(14)13-22-17-5-7-18(8-6-17)23-15(2)25/h5-8,11-13H,3-4,9-10H2,1-2H3,(H,23,25). The van der Waals surface area contributed by atoms with E-state index in [4.69, 9.17) is 0 Å². The maximum atomic E-state index is 14.4. The van der Waals surface area contributed by atoms with Gasteiger partial charge in [0.2, 0.25) is 5.91 Å². The highest BCUT2D eigenvalue weighted by Gasteiger charge is 2.17. The zero-order valence-electron chi connectivity index (χ0n) is 14.6. The summed E-state index contributed by atoms with van der Waals surface area (Å²) in [6, 6.07) is 10.7. The van der Waals surface area contributed by atoms with E-state index in [9.17, 15) is 9.18 Å².